The zero-order chi connectivity index (χ0) is 19.1. The average Bonchev–Trinajstić information content (AvgIpc) is 2.54. The highest BCUT2D eigenvalue weighted by molar-refractivity contribution is 8.77. The van der Waals surface area contributed by atoms with Gasteiger partial charge < -0.3 is 19.5 Å². The van der Waals surface area contributed by atoms with Crippen LogP contribution in [-0.2, 0) is 19.0 Å². The van der Waals surface area contributed by atoms with Crippen molar-refractivity contribution >= 4 is 27.5 Å². The third-order valence-corrected chi connectivity index (χ3v) is 5.45. The normalized spacial score (nSPS) is 13.4. The number of nitrogens with one attached hydrogen (secondary N) is 1. The standard InChI is InChI=1S/C18H33NO4S2/c1-14(2)8-7-9-19-18(20)13-21-10-11-22-16(5)24-25-17(6)23-12-15(3)4/h14-17H,9-13H2,1-6H3,(H,19,20). The van der Waals surface area contributed by atoms with Crippen LogP contribution in [0.5, 0.6) is 0 Å². The van der Waals surface area contributed by atoms with E-state index in [1.807, 2.05) is 27.7 Å². The van der Waals surface area contributed by atoms with Crippen LogP contribution < -0.4 is 5.32 Å². The van der Waals surface area contributed by atoms with E-state index in [1.165, 1.54) is 0 Å². The minimum Gasteiger partial charge on any atom is -0.369 e. The third-order valence-electron chi connectivity index (χ3n) is 2.57. The molecule has 0 aliphatic heterocycles. The maximum Gasteiger partial charge on any atom is 0.246 e. The molecule has 0 radical (unpaired) electrons. The Balaban J connectivity index is 3.55. The Kier molecular flexibility index (Phi) is 15.6. The molecule has 0 saturated carbocycles. The molecule has 0 bridgehead atoms. The zero-order valence-corrected chi connectivity index (χ0v) is 17.9. The van der Waals surface area contributed by atoms with Gasteiger partial charge in [-0.25, -0.2) is 0 Å². The van der Waals surface area contributed by atoms with Crippen molar-refractivity contribution in [3.63, 3.8) is 0 Å². The lowest BCUT2D eigenvalue weighted by Crippen LogP contribution is -2.28. The molecule has 0 aromatic heterocycles. The van der Waals surface area contributed by atoms with Crippen molar-refractivity contribution in [1.82, 2.24) is 5.32 Å². The van der Waals surface area contributed by atoms with Gasteiger partial charge in [-0.1, -0.05) is 61.1 Å². The molecular formula is C18H33NO4S2. The van der Waals surface area contributed by atoms with E-state index >= 15 is 0 Å². The fourth-order valence-corrected chi connectivity index (χ4v) is 3.30. The van der Waals surface area contributed by atoms with Crippen molar-refractivity contribution in [2.75, 3.05) is 33.0 Å². The first-order chi connectivity index (χ1) is 11.8. The molecule has 1 amide bonds. The van der Waals surface area contributed by atoms with Gasteiger partial charge >= 0.3 is 0 Å². The lowest BCUT2D eigenvalue weighted by Gasteiger charge is -2.17. The predicted octanol–water partition coefficient (Wildman–Crippen LogP) is 3.54. The summed E-state index contributed by atoms with van der Waals surface area (Å²) in [5, 5.41) is 2.69. The van der Waals surface area contributed by atoms with Crippen LogP contribution in [0.15, 0.2) is 0 Å². The largest absolute Gasteiger partial charge is 0.369 e. The Morgan fingerprint density at radius 2 is 1.64 bits per heavy atom. The van der Waals surface area contributed by atoms with Crippen molar-refractivity contribution in [3.8, 4) is 11.8 Å². The van der Waals surface area contributed by atoms with Gasteiger partial charge in [-0.2, -0.15) is 0 Å². The van der Waals surface area contributed by atoms with Crippen molar-refractivity contribution in [3.05, 3.63) is 0 Å². The molecule has 0 saturated heterocycles. The fraction of sp³-hybridized carbons (Fsp3) is 0.833. The van der Waals surface area contributed by atoms with Gasteiger partial charge in [-0.05, 0) is 19.8 Å². The Bertz CT molecular complexity index is 408. The smallest absolute Gasteiger partial charge is 0.246 e. The van der Waals surface area contributed by atoms with Crippen LogP contribution in [0, 0.1) is 23.7 Å². The molecule has 0 rings (SSSR count). The second kappa shape index (κ2) is 15.8. The summed E-state index contributed by atoms with van der Waals surface area (Å²) in [6, 6.07) is 0. The molecule has 0 fully saturated rings. The summed E-state index contributed by atoms with van der Waals surface area (Å²) in [7, 11) is 3.30. The number of hydrogen-bond donors (Lipinski definition) is 1. The lowest BCUT2D eigenvalue weighted by atomic mass is 10.2. The first kappa shape index (κ1) is 24.6. The Morgan fingerprint density at radius 1 is 1.00 bits per heavy atom. The van der Waals surface area contributed by atoms with Crippen molar-refractivity contribution < 1.29 is 19.0 Å². The Labute approximate surface area is 161 Å². The summed E-state index contributed by atoms with van der Waals surface area (Å²) in [5.74, 6) is 6.57. The quantitative estimate of drug-likeness (QED) is 0.224. The van der Waals surface area contributed by atoms with E-state index in [1.54, 1.807) is 21.6 Å². The summed E-state index contributed by atoms with van der Waals surface area (Å²) >= 11 is 0. The maximum atomic E-state index is 11.5. The Hall–Kier alpha value is -0.390. The molecule has 0 aliphatic carbocycles. The van der Waals surface area contributed by atoms with E-state index < -0.39 is 0 Å². The van der Waals surface area contributed by atoms with E-state index in [0.717, 1.165) is 6.61 Å². The van der Waals surface area contributed by atoms with Crippen LogP contribution in [0.2, 0.25) is 0 Å². The van der Waals surface area contributed by atoms with Crippen LogP contribution in [-0.4, -0.2) is 49.8 Å². The number of carbonyl (C=O) groups is 1. The third kappa shape index (κ3) is 18.2. The summed E-state index contributed by atoms with van der Waals surface area (Å²) in [6.45, 7) is 14.3. The van der Waals surface area contributed by atoms with Gasteiger partial charge in [-0.3, -0.25) is 4.79 Å². The number of amides is 1. The molecule has 5 nitrogen and oxygen atoms in total. The molecule has 0 spiro atoms. The predicted molar refractivity (Wildman–Crippen MR) is 107 cm³/mol. The molecule has 2 unspecified atom stereocenters. The maximum absolute atomic E-state index is 11.5. The SMILES string of the molecule is CC(C)C#CCNC(=O)COCCOC(C)SSC(C)OCC(C)C. The molecule has 0 heterocycles. The summed E-state index contributed by atoms with van der Waals surface area (Å²) in [6.07, 6.45) is 0. The molecule has 0 aromatic rings. The van der Waals surface area contributed by atoms with Gasteiger partial charge in [0.1, 0.15) is 17.5 Å². The van der Waals surface area contributed by atoms with Crippen molar-refractivity contribution in [2.24, 2.45) is 11.8 Å². The van der Waals surface area contributed by atoms with Crippen LogP contribution in [0.25, 0.3) is 0 Å². The van der Waals surface area contributed by atoms with Crippen molar-refractivity contribution in [2.45, 2.75) is 52.4 Å². The van der Waals surface area contributed by atoms with Gasteiger partial charge in [-0.15, -0.1) is 0 Å². The van der Waals surface area contributed by atoms with Crippen molar-refractivity contribution in [1.29, 1.82) is 0 Å². The van der Waals surface area contributed by atoms with E-state index in [0.29, 0.717) is 31.6 Å². The van der Waals surface area contributed by atoms with Gasteiger partial charge in [0.2, 0.25) is 5.91 Å². The van der Waals surface area contributed by atoms with Gasteiger partial charge in [0.25, 0.3) is 0 Å². The topological polar surface area (TPSA) is 56.8 Å². The van der Waals surface area contributed by atoms with Crippen LogP contribution in [0.1, 0.15) is 41.5 Å². The van der Waals surface area contributed by atoms with E-state index in [-0.39, 0.29) is 23.4 Å². The second-order valence-corrected chi connectivity index (χ2v) is 9.10. The van der Waals surface area contributed by atoms with Crippen LogP contribution in [0.3, 0.4) is 0 Å². The highest BCUT2D eigenvalue weighted by Gasteiger charge is 2.09. The number of ether oxygens (including phenoxy) is 3. The van der Waals surface area contributed by atoms with E-state index in [9.17, 15) is 4.79 Å². The summed E-state index contributed by atoms with van der Waals surface area (Å²) in [5.41, 5.74) is 0.177. The molecule has 7 heteroatoms. The molecule has 146 valence electrons. The molecule has 0 aromatic carbocycles. The molecule has 1 N–H and O–H groups in total. The monoisotopic (exact) mass is 391 g/mol. The summed E-state index contributed by atoms with van der Waals surface area (Å²) in [4.78, 5) is 11.5. The lowest BCUT2D eigenvalue weighted by molar-refractivity contribution is -0.126. The van der Waals surface area contributed by atoms with Gasteiger partial charge in [0.15, 0.2) is 0 Å². The van der Waals surface area contributed by atoms with Crippen LogP contribution >= 0.6 is 21.6 Å². The summed E-state index contributed by atoms with van der Waals surface area (Å²) < 4.78 is 16.6. The molecular weight excluding hydrogens is 358 g/mol. The fourth-order valence-electron chi connectivity index (χ4n) is 1.43. The van der Waals surface area contributed by atoms with E-state index in [2.05, 4.69) is 31.0 Å². The van der Waals surface area contributed by atoms with Crippen LogP contribution in [0.4, 0.5) is 0 Å². The minimum absolute atomic E-state index is 0.0308. The number of carbonyl (C=O) groups excluding carboxylic acids is 1. The molecule has 25 heavy (non-hydrogen) atoms. The highest BCUT2D eigenvalue weighted by Crippen LogP contribution is 2.32. The highest BCUT2D eigenvalue weighted by atomic mass is 33.1. The minimum atomic E-state index is -0.160. The Morgan fingerprint density at radius 3 is 2.24 bits per heavy atom. The van der Waals surface area contributed by atoms with E-state index in [4.69, 9.17) is 14.2 Å². The molecule has 2 atom stereocenters. The number of rotatable bonds is 13. The average molecular weight is 392 g/mol. The first-order valence-corrected chi connectivity index (χ1v) is 11.0. The van der Waals surface area contributed by atoms with Gasteiger partial charge in [0, 0.05) is 5.92 Å². The second-order valence-electron chi connectivity index (χ2n) is 6.23. The van der Waals surface area contributed by atoms with Gasteiger partial charge in [0.05, 0.1) is 26.4 Å². The first-order valence-electron chi connectivity index (χ1n) is 8.69. The molecule has 0 aliphatic rings. The number of hydrogen-bond acceptors (Lipinski definition) is 6. The zero-order valence-electron chi connectivity index (χ0n) is 16.3.